The van der Waals surface area contributed by atoms with Gasteiger partial charge in [-0.2, -0.15) is 0 Å². The molecule has 2 aromatic rings. The topological polar surface area (TPSA) is 51.2 Å². The molecule has 1 aromatic heterocycles. The summed E-state index contributed by atoms with van der Waals surface area (Å²) in [5.74, 6) is 0.793. The van der Waals surface area contributed by atoms with Gasteiger partial charge in [-0.3, -0.25) is 0 Å². The Morgan fingerprint density at radius 1 is 1.35 bits per heavy atom. The Bertz CT molecular complexity index is 705. The van der Waals surface area contributed by atoms with E-state index in [-0.39, 0.29) is 10.8 Å². The van der Waals surface area contributed by atoms with E-state index in [9.17, 15) is 4.21 Å². The van der Waals surface area contributed by atoms with Gasteiger partial charge in [-0.05, 0) is 46.2 Å². The molecule has 0 aliphatic heterocycles. The number of nitrogens with zero attached hydrogens (tertiary/aromatic N) is 1. The van der Waals surface area contributed by atoms with E-state index in [1.807, 2.05) is 52.3 Å². The molecular weight excluding hydrogens is 328 g/mol. The molecule has 0 saturated heterocycles. The number of aryl methyl sites for hydroxylation is 1. The number of aromatic nitrogens is 1. The van der Waals surface area contributed by atoms with E-state index in [1.165, 1.54) is 0 Å². The fourth-order valence-electron chi connectivity index (χ4n) is 2.19. The Hall–Kier alpha value is -1.24. The first-order chi connectivity index (χ1) is 10.7. The molecule has 2 rings (SSSR count). The normalized spacial score (nSPS) is 14.5. The predicted octanol–water partition coefficient (Wildman–Crippen LogP) is 4.24. The Labute approximate surface area is 144 Å². The standard InChI is InChI=1S/C17H24N2O2S2/c1-11(19-23(20)17(3,4)5)14-8-7-13(9-15(14)21-6)16-12(2)18-10-22-16/h7-11,19H,1-6H3/t11-,23+/m0/s1. The van der Waals surface area contributed by atoms with Crippen molar-refractivity contribution in [2.24, 2.45) is 0 Å². The Morgan fingerprint density at radius 3 is 2.57 bits per heavy atom. The van der Waals surface area contributed by atoms with Gasteiger partial charge in [0.1, 0.15) is 5.75 Å². The molecular formula is C17H24N2O2S2. The summed E-state index contributed by atoms with van der Waals surface area (Å²) in [4.78, 5) is 5.44. The third kappa shape index (κ3) is 4.19. The number of benzene rings is 1. The summed E-state index contributed by atoms with van der Waals surface area (Å²) in [5.41, 5.74) is 4.96. The zero-order valence-electron chi connectivity index (χ0n) is 14.5. The predicted molar refractivity (Wildman–Crippen MR) is 98.3 cm³/mol. The summed E-state index contributed by atoms with van der Waals surface area (Å²) < 4.78 is 20.7. The molecule has 1 heterocycles. The lowest BCUT2D eigenvalue weighted by molar-refractivity contribution is 0.406. The van der Waals surface area contributed by atoms with Crippen molar-refractivity contribution in [2.75, 3.05) is 7.11 Å². The Kier molecular flexibility index (Phi) is 5.60. The van der Waals surface area contributed by atoms with Crippen LogP contribution in [-0.2, 0) is 11.0 Å². The van der Waals surface area contributed by atoms with Gasteiger partial charge in [-0.1, -0.05) is 12.1 Å². The van der Waals surface area contributed by atoms with E-state index < -0.39 is 11.0 Å². The minimum absolute atomic E-state index is 0.0679. The molecule has 0 fully saturated rings. The number of thiazole rings is 1. The first kappa shape index (κ1) is 18.1. The number of nitrogens with one attached hydrogen (secondary N) is 1. The van der Waals surface area contributed by atoms with Crippen LogP contribution in [0.4, 0.5) is 0 Å². The highest BCUT2D eigenvalue weighted by Crippen LogP contribution is 2.34. The highest BCUT2D eigenvalue weighted by Gasteiger charge is 2.23. The molecule has 0 amide bonds. The lowest BCUT2D eigenvalue weighted by atomic mass is 10.0. The van der Waals surface area contributed by atoms with Gasteiger partial charge in [0, 0.05) is 11.6 Å². The van der Waals surface area contributed by atoms with Gasteiger partial charge in [-0.15, -0.1) is 11.3 Å². The average molecular weight is 353 g/mol. The quantitative estimate of drug-likeness (QED) is 0.875. The summed E-state index contributed by atoms with van der Waals surface area (Å²) in [6.07, 6.45) is 0. The monoisotopic (exact) mass is 352 g/mol. The Balaban J connectivity index is 2.30. The van der Waals surface area contributed by atoms with Crippen LogP contribution < -0.4 is 9.46 Å². The maximum Gasteiger partial charge on any atom is 0.124 e. The van der Waals surface area contributed by atoms with Crippen LogP contribution in [0.15, 0.2) is 23.7 Å². The Morgan fingerprint density at radius 2 is 2.04 bits per heavy atom. The second-order valence-corrected chi connectivity index (χ2v) is 9.30. The van der Waals surface area contributed by atoms with E-state index in [0.717, 1.165) is 27.4 Å². The van der Waals surface area contributed by atoms with Crippen LogP contribution in [0.5, 0.6) is 5.75 Å². The van der Waals surface area contributed by atoms with Crippen molar-refractivity contribution in [1.82, 2.24) is 9.71 Å². The summed E-state index contributed by atoms with van der Waals surface area (Å²) in [6, 6.07) is 6.05. The third-order valence-corrected chi connectivity index (χ3v) is 6.21. The molecule has 4 nitrogen and oxygen atoms in total. The molecule has 1 N–H and O–H groups in total. The number of hydrogen-bond donors (Lipinski definition) is 1. The zero-order valence-corrected chi connectivity index (χ0v) is 16.1. The lowest BCUT2D eigenvalue weighted by Gasteiger charge is -2.23. The van der Waals surface area contributed by atoms with Gasteiger partial charge in [0.05, 0.1) is 38.9 Å². The zero-order chi connectivity index (χ0) is 17.2. The van der Waals surface area contributed by atoms with Gasteiger partial charge in [0.15, 0.2) is 0 Å². The summed E-state index contributed by atoms with van der Waals surface area (Å²) >= 11 is 1.62. The smallest absolute Gasteiger partial charge is 0.124 e. The van der Waals surface area contributed by atoms with E-state index in [2.05, 4.69) is 15.8 Å². The fraction of sp³-hybridized carbons (Fsp3) is 0.471. The van der Waals surface area contributed by atoms with Crippen LogP contribution >= 0.6 is 11.3 Å². The van der Waals surface area contributed by atoms with Crippen molar-refractivity contribution in [3.8, 4) is 16.2 Å². The highest BCUT2D eigenvalue weighted by atomic mass is 32.2. The van der Waals surface area contributed by atoms with Crippen molar-refractivity contribution in [3.63, 3.8) is 0 Å². The lowest BCUT2D eigenvalue weighted by Crippen LogP contribution is -2.34. The molecule has 0 radical (unpaired) electrons. The maximum atomic E-state index is 12.3. The van der Waals surface area contributed by atoms with Crippen molar-refractivity contribution < 1.29 is 8.95 Å². The van der Waals surface area contributed by atoms with Crippen molar-refractivity contribution in [1.29, 1.82) is 0 Å². The number of methoxy groups -OCH3 is 1. The second-order valence-electron chi connectivity index (χ2n) is 6.44. The van der Waals surface area contributed by atoms with E-state index in [1.54, 1.807) is 18.4 Å². The molecule has 0 spiro atoms. The first-order valence-electron chi connectivity index (χ1n) is 7.50. The van der Waals surface area contributed by atoms with Crippen LogP contribution in [0.2, 0.25) is 0 Å². The molecule has 1 aromatic carbocycles. The number of ether oxygens (including phenoxy) is 1. The van der Waals surface area contributed by atoms with Crippen molar-refractivity contribution in [2.45, 2.75) is 45.4 Å². The molecule has 23 heavy (non-hydrogen) atoms. The maximum absolute atomic E-state index is 12.3. The van der Waals surface area contributed by atoms with Gasteiger partial charge in [-0.25, -0.2) is 13.9 Å². The van der Waals surface area contributed by atoms with Crippen molar-refractivity contribution in [3.05, 3.63) is 35.0 Å². The van der Waals surface area contributed by atoms with Gasteiger partial charge >= 0.3 is 0 Å². The SMILES string of the molecule is COc1cc(-c2scnc2C)ccc1[C@H](C)N[S@](=O)C(C)(C)C. The van der Waals surface area contributed by atoms with Gasteiger partial charge in [0.25, 0.3) is 0 Å². The minimum atomic E-state index is -1.13. The molecule has 0 unspecified atom stereocenters. The number of hydrogen-bond acceptors (Lipinski definition) is 4. The highest BCUT2D eigenvalue weighted by molar-refractivity contribution is 7.84. The molecule has 0 saturated carbocycles. The summed E-state index contributed by atoms with van der Waals surface area (Å²) in [6.45, 7) is 9.86. The molecule has 0 bridgehead atoms. The van der Waals surface area contributed by atoms with E-state index in [4.69, 9.17) is 4.74 Å². The average Bonchev–Trinajstić information content (AvgIpc) is 2.91. The van der Waals surface area contributed by atoms with Crippen LogP contribution in [0.3, 0.4) is 0 Å². The number of rotatable bonds is 5. The first-order valence-corrected chi connectivity index (χ1v) is 9.53. The molecule has 126 valence electrons. The van der Waals surface area contributed by atoms with Gasteiger partial charge < -0.3 is 4.74 Å². The van der Waals surface area contributed by atoms with Crippen LogP contribution in [-0.4, -0.2) is 21.0 Å². The summed E-state index contributed by atoms with van der Waals surface area (Å²) in [7, 11) is 0.532. The second kappa shape index (κ2) is 7.11. The molecule has 2 atom stereocenters. The van der Waals surface area contributed by atoms with Crippen LogP contribution in [0.25, 0.3) is 10.4 Å². The largest absolute Gasteiger partial charge is 0.496 e. The minimum Gasteiger partial charge on any atom is -0.496 e. The molecule has 0 aliphatic rings. The molecule has 0 aliphatic carbocycles. The third-order valence-electron chi connectivity index (χ3n) is 3.55. The summed E-state index contributed by atoms with van der Waals surface area (Å²) in [5, 5.41) is 0. The van der Waals surface area contributed by atoms with E-state index in [0.29, 0.717) is 0 Å². The molecule has 6 heteroatoms. The van der Waals surface area contributed by atoms with E-state index >= 15 is 0 Å². The van der Waals surface area contributed by atoms with Gasteiger partial charge in [0.2, 0.25) is 0 Å². The van der Waals surface area contributed by atoms with Crippen LogP contribution in [0, 0.1) is 6.92 Å². The van der Waals surface area contributed by atoms with Crippen LogP contribution in [0.1, 0.15) is 45.0 Å². The van der Waals surface area contributed by atoms with Crippen molar-refractivity contribution >= 4 is 22.3 Å². The fourth-order valence-corrected chi connectivity index (χ4v) is 3.79.